The number of nitrogens with two attached hydrogens (primary N) is 1. The van der Waals surface area contributed by atoms with E-state index < -0.39 is 0 Å². The Morgan fingerprint density at radius 1 is 1.37 bits per heavy atom. The molecule has 0 bridgehead atoms. The lowest BCUT2D eigenvalue weighted by Gasteiger charge is -2.35. The average Bonchev–Trinajstić information content (AvgIpc) is 2.39. The summed E-state index contributed by atoms with van der Waals surface area (Å²) in [5.74, 6) is 1.98. The number of thioether (sulfide) groups is 1. The van der Waals surface area contributed by atoms with Gasteiger partial charge in [0.05, 0.1) is 7.11 Å². The van der Waals surface area contributed by atoms with Crippen LogP contribution in [0, 0.1) is 0 Å². The van der Waals surface area contributed by atoms with Gasteiger partial charge in [0.1, 0.15) is 5.75 Å². The van der Waals surface area contributed by atoms with Gasteiger partial charge in [0.25, 0.3) is 0 Å². The minimum absolute atomic E-state index is 0.0708. The lowest BCUT2D eigenvalue weighted by molar-refractivity contribution is 0.178. The van der Waals surface area contributed by atoms with Crippen molar-refractivity contribution in [1.29, 1.82) is 0 Å². The van der Waals surface area contributed by atoms with Gasteiger partial charge in [0.2, 0.25) is 0 Å². The predicted molar refractivity (Wildman–Crippen MR) is 85.0 cm³/mol. The van der Waals surface area contributed by atoms with Gasteiger partial charge in [-0.05, 0) is 44.8 Å². The molecule has 3 unspecified atom stereocenters. The van der Waals surface area contributed by atoms with E-state index in [9.17, 15) is 0 Å². The second-order valence-corrected chi connectivity index (χ2v) is 5.96. The Balaban J connectivity index is 2.99. The van der Waals surface area contributed by atoms with E-state index in [1.807, 2.05) is 23.9 Å². The van der Waals surface area contributed by atoms with Crippen molar-refractivity contribution in [2.75, 3.05) is 26.2 Å². The first-order chi connectivity index (χ1) is 9.01. The van der Waals surface area contributed by atoms with Crippen LogP contribution >= 0.6 is 11.8 Å². The van der Waals surface area contributed by atoms with Crippen molar-refractivity contribution < 1.29 is 4.74 Å². The fourth-order valence-corrected chi connectivity index (χ4v) is 3.09. The van der Waals surface area contributed by atoms with Gasteiger partial charge in [-0.2, -0.15) is 11.8 Å². The van der Waals surface area contributed by atoms with E-state index in [1.165, 1.54) is 5.56 Å². The largest absolute Gasteiger partial charge is 0.497 e. The van der Waals surface area contributed by atoms with Gasteiger partial charge in [-0.25, -0.2) is 0 Å². The average molecular weight is 282 g/mol. The first kappa shape index (κ1) is 16.3. The lowest BCUT2D eigenvalue weighted by atomic mass is 9.98. The molecule has 0 aromatic heterocycles. The van der Waals surface area contributed by atoms with Gasteiger partial charge in [0.15, 0.2) is 0 Å². The third-order valence-electron chi connectivity index (χ3n) is 3.48. The first-order valence-corrected chi connectivity index (χ1v) is 8.01. The maximum atomic E-state index is 6.21. The standard InChI is InChI=1S/C15H26N2OS/c1-11(10-19-5)17(3)15(12(2)16)13-7-6-8-14(9-13)18-4/h6-9,11-12,15H,10,16H2,1-5H3. The fourth-order valence-electron chi connectivity index (χ4n) is 2.37. The summed E-state index contributed by atoms with van der Waals surface area (Å²) >= 11 is 1.86. The Labute approximate surface area is 121 Å². The van der Waals surface area contributed by atoms with Gasteiger partial charge < -0.3 is 10.5 Å². The van der Waals surface area contributed by atoms with Gasteiger partial charge in [0, 0.05) is 23.9 Å². The van der Waals surface area contributed by atoms with Crippen LogP contribution in [0.1, 0.15) is 25.5 Å². The minimum atomic E-state index is 0.0708. The molecule has 0 fully saturated rings. The predicted octanol–water partition coefficient (Wildman–Crippen LogP) is 2.77. The van der Waals surface area contributed by atoms with Crippen LogP contribution in [-0.4, -0.2) is 43.1 Å². The number of ether oxygens (including phenoxy) is 1. The maximum absolute atomic E-state index is 6.21. The number of hydrogen-bond donors (Lipinski definition) is 1. The zero-order valence-corrected chi connectivity index (χ0v) is 13.4. The van der Waals surface area contributed by atoms with Crippen molar-refractivity contribution in [3.05, 3.63) is 29.8 Å². The summed E-state index contributed by atoms with van der Waals surface area (Å²) in [4.78, 5) is 2.36. The van der Waals surface area contributed by atoms with Crippen LogP contribution in [0.4, 0.5) is 0 Å². The molecule has 0 aliphatic rings. The Kier molecular flexibility index (Phi) is 6.69. The normalized spacial score (nSPS) is 16.2. The Morgan fingerprint density at radius 3 is 2.58 bits per heavy atom. The Bertz CT molecular complexity index is 384. The number of benzene rings is 1. The summed E-state index contributed by atoms with van der Waals surface area (Å²) in [5.41, 5.74) is 7.42. The second-order valence-electron chi connectivity index (χ2n) is 5.05. The highest BCUT2D eigenvalue weighted by molar-refractivity contribution is 7.98. The summed E-state index contributed by atoms with van der Waals surface area (Å²) in [6.45, 7) is 4.30. The Hall–Kier alpha value is -0.710. The molecule has 3 nitrogen and oxygen atoms in total. The van der Waals surface area contributed by atoms with Crippen molar-refractivity contribution >= 4 is 11.8 Å². The van der Waals surface area contributed by atoms with Crippen molar-refractivity contribution in [3.8, 4) is 5.75 Å². The topological polar surface area (TPSA) is 38.5 Å². The molecule has 0 aliphatic heterocycles. The van der Waals surface area contributed by atoms with Crippen LogP contribution in [0.2, 0.25) is 0 Å². The molecular weight excluding hydrogens is 256 g/mol. The number of methoxy groups -OCH3 is 1. The molecule has 0 aliphatic carbocycles. The van der Waals surface area contributed by atoms with Gasteiger partial charge >= 0.3 is 0 Å². The molecule has 3 atom stereocenters. The number of rotatable bonds is 7. The van der Waals surface area contributed by atoms with Crippen LogP contribution in [0.3, 0.4) is 0 Å². The number of likely N-dealkylation sites (N-methyl/N-ethyl adjacent to an activating group) is 1. The summed E-state index contributed by atoms with van der Waals surface area (Å²) in [6, 6.07) is 8.95. The summed E-state index contributed by atoms with van der Waals surface area (Å²) in [6.07, 6.45) is 2.14. The van der Waals surface area contributed by atoms with Crippen molar-refractivity contribution in [2.45, 2.75) is 32.0 Å². The minimum Gasteiger partial charge on any atom is -0.497 e. The summed E-state index contributed by atoms with van der Waals surface area (Å²) in [7, 11) is 3.84. The van der Waals surface area contributed by atoms with Crippen LogP contribution in [0.25, 0.3) is 0 Å². The van der Waals surface area contributed by atoms with E-state index in [4.69, 9.17) is 10.5 Å². The fraction of sp³-hybridized carbons (Fsp3) is 0.600. The summed E-state index contributed by atoms with van der Waals surface area (Å²) in [5, 5.41) is 0. The molecule has 2 N–H and O–H groups in total. The molecule has 0 saturated carbocycles. The smallest absolute Gasteiger partial charge is 0.119 e. The number of hydrogen-bond acceptors (Lipinski definition) is 4. The van der Waals surface area contributed by atoms with Gasteiger partial charge in [-0.15, -0.1) is 0 Å². The van der Waals surface area contributed by atoms with E-state index in [0.29, 0.717) is 6.04 Å². The zero-order chi connectivity index (χ0) is 14.4. The molecule has 1 aromatic carbocycles. The first-order valence-electron chi connectivity index (χ1n) is 6.61. The third-order valence-corrected chi connectivity index (χ3v) is 4.29. The van der Waals surface area contributed by atoms with Crippen LogP contribution in [0.5, 0.6) is 5.75 Å². The Morgan fingerprint density at radius 2 is 2.05 bits per heavy atom. The van der Waals surface area contributed by atoms with Gasteiger partial charge in [-0.3, -0.25) is 4.90 Å². The van der Waals surface area contributed by atoms with E-state index >= 15 is 0 Å². The molecule has 1 rings (SSSR count). The molecular formula is C15H26N2OS. The third kappa shape index (κ3) is 4.41. The number of nitrogens with zero attached hydrogens (tertiary/aromatic N) is 1. The highest BCUT2D eigenvalue weighted by Gasteiger charge is 2.24. The van der Waals surface area contributed by atoms with Crippen molar-refractivity contribution in [3.63, 3.8) is 0 Å². The van der Waals surface area contributed by atoms with E-state index in [1.54, 1.807) is 7.11 Å². The molecule has 0 spiro atoms. The molecule has 4 heteroatoms. The van der Waals surface area contributed by atoms with Crippen LogP contribution in [0.15, 0.2) is 24.3 Å². The monoisotopic (exact) mass is 282 g/mol. The summed E-state index contributed by atoms with van der Waals surface area (Å²) < 4.78 is 5.31. The maximum Gasteiger partial charge on any atom is 0.119 e. The molecule has 0 amide bonds. The van der Waals surface area contributed by atoms with E-state index in [2.05, 4.69) is 44.2 Å². The molecule has 1 aromatic rings. The van der Waals surface area contributed by atoms with E-state index in [0.717, 1.165) is 11.5 Å². The zero-order valence-electron chi connectivity index (χ0n) is 12.6. The van der Waals surface area contributed by atoms with Crippen LogP contribution < -0.4 is 10.5 Å². The van der Waals surface area contributed by atoms with Gasteiger partial charge in [-0.1, -0.05) is 12.1 Å². The van der Waals surface area contributed by atoms with Crippen molar-refractivity contribution in [1.82, 2.24) is 4.90 Å². The quantitative estimate of drug-likeness (QED) is 0.834. The molecule has 0 heterocycles. The van der Waals surface area contributed by atoms with Crippen LogP contribution in [-0.2, 0) is 0 Å². The highest BCUT2D eigenvalue weighted by Crippen LogP contribution is 2.27. The molecule has 0 saturated heterocycles. The molecule has 0 radical (unpaired) electrons. The molecule has 108 valence electrons. The SMILES string of the molecule is COc1cccc(C(C(C)N)N(C)C(C)CSC)c1. The van der Waals surface area contributed by atoms with Crippen molar-refractivity contribution in [2.24, 2.45) is 5.73 Å². The molecule has 19 heavy (non-hydrogen) atoms. The van der Waals surface area contributed by atoms with E-state index in [-0.39, 0.29) is 12.1 Å². The highest BCUT2D eigenvalue weighted by atomic mass is 32.2. The lowest BCUT2D eigenvalue weighted by Crippen LogP contribution is -2.42. The second kappa shape index (κ2) is 7.78.